The molecule has 0 aromatic carbocycles. The van der Waals surface area contributed by atoms with Crippen molar-refractivity contribution in [1.29, 1.82) is 0 Å². The summed E-state index contributed by atoms with van der Waals surface area (Å²) >= 11 is 1.32. The van der Waals surface area contributed by atoms with Crippen molar-refractivity contribution in [3.63, 3.8) is 0 Å². The molecule has 1 aromatic heterocycles. The number of aromatic nitrogens is 2. The van der Waals surface area contributed by atoms with E-state index >= 15 is 0 Å². The summed E-state index contributed by atoms with van der Waals surface area (Å²) in [6, 6.07) is -0.349. The predicted octanol–water partition coefficient (Wildman–Crippen LogP) is 0.868. The molecule has 2 amide bonds. The highest BCUT2D eigenvalue weighted by molar-refractivity contribution is 7.05. The molecule has 6 nitrogen and oxygen atoms in total. The zero-order chi connectivity index (χ0) is 10.4. The molecule has 2 fully saturated rings. The van der Waals surface area contributed by atoms with Gasteiger partial charge in [-0.25, -0.2) is 14.8 Å². The third kappa shape index (κ3) is 1.23. The Morgan fingerprint density at radius 3 is 3.13 bits per heavy atom. The van der Waals surface area contributed by atoms with E-state index in [-0.39, 0.29) is 18.1 Å². The second kappa shape index (κ2) is 3.14. The molecule has 3 rings (SSSR count). The van der Waals surface area contributed by atoms with Crippen molar-refractivity contribution < 1.29 is 10.0 Å². The van der Waals surface area contributed by atoms with Gasteiger partial charge in [0.05, 0.1) is 12.1 Å². The zero-order valence-corrected chi connectivity index (χ0v) is 8.72. The summed E-state index contributed by atoms with van der Waals surface area (Å²) in [7, 11) is 0. The van der Waals surface area contributed by atoms with Crippen molar-refractivity contribution in [2.24, 2.45) is 0 Å². The molecular weight excluding hydrogens is 216 g/mol. The molecule has 0 unspecified atom stereocenters. The lowest BCUT2D eigenvalue weighted by Crippen LogP contribution is -2.33. The fourth-order valence-electron chi connectivity index (χ4n) is 2.24. The largest absolute Gasteiger partial charge is 0.344 e. The van der Waals surface area contributed by atoms with Crippen LogP contribution < -0.4 is 0 Å². The van der Waals surface area contributed by atoms with Crippen LogP contribution in [0.3, 0.4) is 0 Å². The second-order valence-corrected chi connectivity index (χ2v) is 4.62. The number of fused-ring (bicyclic) bond motifs is 2. The maximum Gasteiger partial charge on any atom is 0.344 e. The number of nitrogens with zero attached hydrogens (tertiary/aromatic N) is 4. The van der Waals surface area contributed by atoms with E-state index < -0.39 is 0 Å². The summed E-state index contributed by atoms with van der Waals surface area (Å²) in [6.07, 6.45) is 3.18. The smallest absolute Gasteiger partial charge is 0.311 e. The number of rotatable bonds is 1. The lowest BCUT2D eigenvalue weighted by molar-refractivity contribution is -0.0584. The number of hydrogen-bond donors (Lipinski definition) is 1. The average molecular weight is 226 g/mol. The van der Waals surface area contributed by atoms with Crippen LogP contribution in [0.2, 0.25) is 0 Å². The molecule has 3 heterocycles. The van der Waals surface area contributed by atoms with Gasteiger partial charge in [0.2, 0.25) is 0 Å². The first-order valence-electron chi connectivity index (χ1n) is 4.82. The van der Waals surface area contributed by atoms with E-state index in [4.69, 9.17) is 0 Å². The van der Waals surface area contributed by atoms with Gasteiger partial charge in [-0.1, -0.05) is 0 Å². The van der Waals surface area contributed by atoms with Crippen molar-refractivity contribution in [3.8, 4) is 0 Å². The van der Waals surface area contributed by atoms with E-state index in [2.05, 4.69) is 9.36 Å². The number of urea groups is 1. The first kappa shape index (κ1) is 9.05. The molecule has 80 valence electrons. The Kier molecular flexibility index (Phi) is 1.89. The SMILES string of the molecule is O=C1N(O)[C@@H]2CC[C@@H](c3ncns3)N1C2. The maximum atomic E-state index is 11.7. The van der Waals surface area contributed by atoms with E-state index in [9.17, 15) is 10.0 Å². The summed E-state index contributed by atoms with van der Waals surface area (Å²) in [5.74, 6) is 0. The monoisotopic (exact) mass is 226 g/mol. The van der Waals surface area contributed by atoms with Gasteiger partial charge in [-0.05, 0) is 24.4 Å². The molecule has 2 bridgehead atoms. The van der Waals surface area contributed by atoms with Gasteiger partial charge in [-0.15, -0.1) is 0 Å². The summed E-state index contributed by atoms with van der Waals surface area (Å²) < 4.78 is 3.94. The Bertz CT molecular complexity index is 382. The highest BCUT2D eigenvalue weighted by Crippen LogP contribution is 2.37. The normalized spacial score (nSPS) is 30.1. The van der Waals surface area contributed by atoms with E-state index in [0.717, 1.165) is 22.9 Å². The lowest BCUT2D eigenvalue weighted by Gasteiger charge is -2.28. The molecule has 0 saturated carbocycles. The van der Waals surface area contributed by atoms with Crippen LogP contribution in [0.5, 0.6) is 0 Å². The van der Waals surface area contributed by atoms with Gasteiger partial charge >= 0.3 is 6.03 Å². The van der Waals surface area contributed by atoms with Crippen molar-refractivity contribution in [1.82, 2.24) is 19.3 Å². The Morgan fingerprint density at radius 1 is 1.53 bits per heavy atom. The van der Waals surface area contributed by atoms with Crippen molar-refractivity contribution in [2.75, 3.05) is 6.54 Å². The Hall–Kier alpha value is -1.21. The van der Waals surface area contributed by atoms with E-state index in [1.54, 1.807) is 4.90 Å². The third-order valence-corrected chi connectivity index (χ3v) is 3.77. The minimum atomic E-state index is -0.308. The van der Waals surface area contributed by atoms with Crippen LogP contribution in [-0.2, 0) is 0 Å². The number of carbonyl (C=O) groups excluding carboxylic acids is 1. The maximum absolute atomic E-state index is 11.7. The van der Waals surface area contributed by atoms with Crippen LogP contribution in [-0.4, -0.2) is 43.1 Å². The molecule has 2 saturated heterocycles. The molecule has 0 radical (unpaired) electrons. The highest BCUT2D eigenvalue weighted by atomic mass is 32.1. The van der Waals surface area contributed by atoms with Gasteiger partial charge in [0.1, 0.15) is 11.3 Å². The molecule has 2 atom stereocenters. The van der Waals surface area contributed by atoms with E-state index in [0.29, 0.717) is 6.54 Å². The Balaban J connectivity index is 1.91. The summed E-state index contributed by atoms with van der Waals surface area (Å²) in [6.45, 7) is 0.597. The highest BCUT2D eigenvalue weighted by Gasteiger charge is 2.45. The standard InChI is InChI=1S/C8H10N4O2S/c13-8-11-3-5(12(8)14)1-2-6(11)7-9-4-10-15-7/h4-6,14H,1-3H2/t5-,6+/m1/s1. The number of piperidine rings is 1. The molecule has 1 N–H and O–H groups in total. The Morgan fingerprint density at radius 2 is 2.40 bits per heavy atom. The molecule has 1 aromatic rings. The van der Waals surface area contributed by atoms with Gasteiger partial charge in [-0.3, -0.25) is 5.21 Å². The van der Waals surface area contributed by atoms with Crippen LogP contribution in [0, 0.1) is 0 Å². The molecule has 15 heavy (non-hydrogen) atoms. The van der Waals surface area contributed by atoms with E-state index in [1.807, 2.05) is 0 Å². The predicted molar refractivity (Wildman–Crippen MR) is 51.4 cm³/mol. The molecule has 0 aliphatic carbocycles. The van der Waals surface area contributed by atoms with Gasteiger partial charge < -0.3 is 4.90 Å². The minimum Gasteiger partial charge on any atom is -0.311 e. The van der Waals surface area contributed by atoms with Crippen LogP contribution in [0.25, 0.3) is 0 Å². The van der Waals surface area contributed by atoms with Gasteiger partial charge in [0.25, 0.3) is 0 Å². The van der Waals surface area contributed by atoms with Gasteiger partial charge in [0, 0.05) is 6.54 Å². The quantitative estimate of drug-likeness (QED) is 0.721. The molecule has 2 aliphatic rings. The first-order valence-corrected chi connectivity index (χ1v) is 5.60. The third-order valence-electron chi connectivity index (χ3n) is 3.01. The van der Waals surface area contributed by atoms with Crippen LogP contribution in [0.4, 0.5) is 4.79 Å². The summed E-state index contributed by atoms with van der Waals surface area (Å²) in [4.78, 5) is 17.5. The first-order chi connectivity index (χ1) is 7.27. The lowest BCUT2D eigenvalue weighted by atomic mass is 10.0. The van der Waals surface area contributed by atoms with Gasteiger partial charge in [0.15, 0.2) is 0 Å². The van der Waals surface area contributed by atoms with Crippen LogP contribution in [0.1, 0.15) is 23.9 Å². The molecule has 2 aliphatic heterocycles. The zero-order valence-electron chi connectivity index (χ0n) is 7.91. The van der Waals surface area contributed by atoms with E-state index in [1.165, 1.54) is 17.9 Å². The Labute approximate surface area is 90.3 Å². The van der Waals surface area contributed by atoms with Crippen molar-refractivity contribution >= 4 is 17.6 Å². The number of hydroxylamine groups is 2. The van der Waals surface area contributed by atoms with Crippen molar-refractivity contribution in [2.45, 2.75) is 24.9 Å². The minimum absolute atomic E-state index is 0.00148. The molecule has 0 spiro atoms. The molecular formula is C8H10N4O2S. The van der Waals surface area contributed by atoms with Crippen LogP contribution in [0.15, 0.2) is 6.33 Å². The summed E-state index contributed by atoms with van der Waals surface area (Å²) in [5, 5.41) is 11.2. The van der Waals surface area contributed by atoms with Crippen molar-refractivity contribution in [3.05, 3.63) is 11.3 Å². The fraction of sp³-hybridized carbons (Fsp3) is 0.625. The number of hydrogen-bond acceptors (Lipinski definition) is 5. The topological polar surface area (TPSA) is 69.6 Å². The van der Waals surface area contributed by atoms with Gasteiger partial charge in [-0.2, -0.15) is 4.37 Å². The number of carbonyl (C=O) groups is 1. The fourth-order valence-corrected chi connectivity index (χ4v) is 2.90. The second-order valence-electron chi connectivity index (χ2n) is 3.81. The average Bonchev–Trinajstić information content (AvgIpc) is 2.85. The van der Waals surface area contributed by atoms with Crippen LogP contribution >= 0.6 is 11.5 Å². The molecule has 7 heteroatoms. The summed E-state index contributed by atoms with van der Waals surface area (Å²) in [5.41, 5.74) is 0. The number of amides is 2.